The van der Waals surface area contributed by atoms with Gasteiger partial charge in [0.2, 0.25) is 0 Å². The lowest BCUT2D eigenvalue weighted by Gasteiger charge is -2.07. The van der Waals surface area contributed by atoms with Crippen LogP contribution >= 0.6 is 15.9 Å². The zero-order valence-corrected chi connectivity index (χ0v) is 13.3. The maximum absolute atomic E-state index is 12.2. The number of anilines is 1. The van der Waals surface area contributed by atoms with Crippen molar-refractivity contribution in [2.24, 2.45) is 0 Å². The zero-order valence-electron chi connectivity index (χ0n) is 11.7. The first-order valence-corrected chi connectivity index (χ1v) is 7.76. The number of benzene rings is 1. The van der Waals surface area contributed by atoms with Crippen molar-refractivity contribution in [2.75, 3.05) is 5.32 Å². The van der Waals surface area contributed by atoms with Crippen molar-refractivity contribution in [3.8, 4) is 0 Å². The molecule has 5 nitrogen and oxygen atoms in total. The molecule has 1 saturated carbocycles. The second kappa shape index (κ2) is 6.27. The molecule has 1 aliphatic carbocycles. The summed E-state index contributed by atoms with van der Waals surface area (Å²) >= 11 is 3.34. The molecular weight excluding hydrogens is 346 g/mol. The van der Waals surface area contributed by atoms with Crippen molar-refractivity contribution >= 4 is 33.4 Å². The van der Waals surface area contributed by atoms with Crippen molar-refractivity contribution in [1.29, 1.82) is 0 Å². The van der Waals surface area contributed by atoms with Crippen molar-refractivity contribution < 1.29 is 9.59 Å². The van der Waals surface area contributed by atoms with Gasteiger partial charge in [0.25, 0.3) is 11.8 Å². The molecule has 0 unspecified atom stereocenters. The molecule has 0 bridgehead atoms. The van der Waals surface area contributed by atoms with E-state index in [9.17, 15) is 9.59 Å². The Morgan fingerprint density at radius 2 is 1.64 bits per heavy atom. The summed E-state index contributed by atoms with van der Waals surface area (Å²) in [5.74, 6) is -0.579. The van der Waals surface area contributed by atoms with Crippen LogP contribution in [-0.4, -0.2) is 22.8 Å². The van der Waals surface area contributed by atoms with Gasteiger partial charge < -0.3 is 10.6 Å². The fourth-order valence-corrected chi connectivity index (χ4v) is 2.17. The van der Waals surface area contributed by atoms with E-state index in [1.807, 2.05) is 12.1 Å². The Balaban J connectivity index is 1.71. The number of hydrogen-bond acceptors (Lipinski definition) is 3. The Hall–Kier alpha value is -2.21. The lowest BCUT2D eigenvalue weighted by molar-refractivity contribution is 0.0946. The smallest absolute Gasteiger partial charge is 0.274 e. The molecule has 2 N–H and O–H groups in total. The first kappa shape index (κ1) is 14.7. The maximum Gasteiger partial charge on any atom is 0.274 e. The van der Waals surface area contributed by atoms with E-state index in [4.69, 9.17) is 0 Å². The van der Waals surface area contributed by atoms with Crippen LogP contribution in [0.1, 0.15) is 33.8 Å². The highest BCUT2D eigenvalue weighted by Crippen LogP contribution is 2.19. The molecule has 1 aliphatic rings. The average molecular weight is 360 g/mol. The van der Waals surface area contributed by atoms with Crippen LogP contribution in [0.3, 0.4) is 0 Å². The van der Waals surface area contributed by atoms with E-state index in [1.54, 1.807) is 30.3 Å². The van der Waals surface area contributed by atoms with Gasteiger partial charge in [-0.15, -0.1) is 0 Å². The highest BCUT2D eigenvalue weighted by molar-refractivity contribution is 9.10. The van der Waals surface area contributed by atoms with Gasteiger partial charge >= 0.3 is 0 Å². The maximum atomic E-state index is 12.2. The van der Waals surface area contributed by atoms with Gasteiger partial charge in [-0.3, -0.25) is 9.59 Å². The number of pyridine rings is 1. The number of carbonyl (C=O) groups is 2. The summed E-state index contributed by atoms with van der Waals surface area (Å²) < 4.78 is 0.933. The van der Waals surface area contributed by atoms with E-state index in [0.29, 0.717) is 5.69 Å². The Kier molecular flexibility index (Phi) is 4.20. The van der Waals surface area contributed by atoms with Crippen LogP contribution in [0, 0.1) is 0 Å². The van der Waals surface area contributed by atoms with Gasteiger partial charge in [-0.2, -0.15) is 0 Å². The van der Waals surface area contributed by atoms with Crippen molar-refractivity contribution in [1.82, 2.24) is 10.3 Å². The SMILES string of the molecule is O=C(Nc1ccc(Br)cc1)c1cccc(C(=O)NC2CC2)n1. The fourth-order valence-electron chi connectivity index (χ4n) is 1.90. The largest absolute Gasteiger partial charge is 0.348 e. The van der Waals surface area contributed by atoms with Gasteiger partial charge in [0.15, 0.2) is 0 Å². The van der Waals surface area contributed by atoms with E-state index in [0.717, 1.165) is 17.3 Å². The third kappa shape index (κ3) is 3.71. The van der Waals surface area contributed by atoms with E-state index in [1.165, 1.54) is 0 Å². The number of carbonyl (C=O) groups excluding carboxylic acids is 2. The molecule has 1 fully saturated rings. The Morgan fingerprint density at radius 3 is 2.27 bits per heavy atom. The molecule has 112 valence electrons. The molecule has 0 saturated heterocycles. The highest BCUT2D eigenvalue weighted by atomic mass is 79.9. The van der Waals surface area contributed by atoms with Gasteiger partial charge in [0, 0.05) is 16.2 Å². The quantitative estimate of drug-likeness (QED) is 0.881. The van der Waals surface area contributed by atoms with E-state index < -0.39 is 0 Å². The van der Waals surface area contributed by atoms with E-state index in [-0.39, 0.29) is 29.2 Å². The predicted octanol–water partition coefficient (Wildman–Crippen LogP) is 2.99. The summed E-state index contributed by atoms with van der Waals surface area (Å²) in [6.45, 7) is 0. The minimum Gasteiger partial charge on any atom is -0.348 e. The van der Waals surface area contributed by atoms with Crippen molar-refractivity contribution in [3.63, 3.8) is 0 Å². The number of rotatable bonds is 4. The zero-order chi connectivity index (χ0) is 15.5. The third-order valence-electron chi connectivity index (χ3n) is 3.23. The van der Waals surface area contributed by atoms with E-state index in [2.05, 4.69) is 31.5 Å². The minimum atomic E-state index is -0.344. The lowest BCUT2D eigenvalue weighted by atomic mass is 10.2. The second-order valence-electron chi connectivity index (χ2n) is 5.12. The molecule has 1 aromatic heterocycles. The fraction of sp³-hybridized carbons (Fsp3) is 0.188. The number of nitrogens with one attached hydrogen (secondary N) is 2. The highest BCUT2D eigenvalue weighted by Gasteiger charge is 2.24. The topological polar surface area (TPSA) is 71.1 Å². The van der Waals surface area contributed by atoms with Crippen LogP contribution in [0.25, 0.3) is 0 Å². The molecule has 1 aromatic carbocycles. The van der Waals surface area contributed by atoms with Crippen molar-refractivity contribution in [2.45, 2.75) is 18.9 Å². The molecule has 0 atom stereocenters. The summed E-state index contributed by atoms with van der Waals surface area (Å²) in [4.78, 5) is 28.3. The molecule has 3 rings (SSSR count). The molecular formula is C16H14BrN3O2. The van der Waals surface area contributed by atoms with Crippen molar-refractivity contribution in [3.05, 3.63) is 58.3 Å². The second-order valence-corrected chi connectivity index (χ2v) is 6.03. The van der Waals surface area contributed by atoms with Crippen LogP contribution in [0.4, 0.5) is 5.69 Å². The van der Waals surface area contributed by atoms with Gasteiger partial charge in [-0.1, -0.05) is 22.0 Å². The Bertz CT molecular complexity index is 712. The molecule has 2 aromatic rings. The monoisotopic (exact) mass is 359 g/mol. The summed E-state index contributed by atoms with van der Waals surface area (Å²) in [7, 11) is 0. The minimum absolute atomic E-state index is 0.214. The number of aromatic nitrogens is 1. The van der Waals surface area contributed by atoms with Gasteiger partial charge in [0.05, 0.1) is 0 Å². The van der Waals surface area contributed by atoms with Gasteiger partial charge in [0.1, 0.15) is 11.4 Å². The number of hydrogen-bond donors (Lipinski definition) is 2. The Labute approximate surface area is 136 Å². The molecule has 0 radical (unpaired) electrons. The molecule has 2 amide bonds. The molecule has 22 heavy (non-hydrogen) atoms. The van der Waals surface area contributed by atoms with Crippen LogP contribution in [-0.2, 0) is 0 Å². The van der Waals surface area contributed by atoms with Crippen LogP contribution in [0.15, 0.2) is 46.9 Å². The van der Waals surface area contributed by atoms with Crippen LogP contribution < -0.4 is 10.6 Å². The third-order valence-corrected chi connectivity index (χ3v) is 3.76. The first-order chi connectivity index (χ1) is 10.6. The van der Waals surface area contributed by atoms with Gasteiger partial charge in [-0.25, -0.2) is 4.98 Å². The summed E-state index contributed by atoms with van der Waals surface area (Å²) in [5, 5.41) is 5.60. The predicted molar refractivity (Wildman–Crippen MR) is 86.8 cm³/mol. The van der Waals surface area contributed by atoms with Crippen LogP contribution in [0.2, 0.25) is 0 Å². The number of amides is 2. The molecule has 0 spiro atoms. The standard InChI is InChI=1S/C16H14BrN3O2/c17-10-4-6-11(7-5-10)18-15(21)13-2-1-3-14(20-13)16(22)19-12-8-9-12/h1-7,12H,8-9H2,(H,18,21)(H,19,22). The molecule has 0 aliphatic heterocycles. The summed E-state index contributed by atoms with van der Waals surface area (Å²) in [6.07, 6.45) is 2.02. The molecule has 1 heterocycles. The van der Waals surface area contributed by atoms with E-state index >= 15 is 0 Å². The number of halogens is 1. The van der Waals surface area contributed by atoms with Crippen LogP contribution in [0.5, 0.6) is 0 Å². The Morgan fingerprint density at radius 1 is 1.00 bits per heavy atom. The molecule has 6 heteroatoms. The summed E-state index contributed by atoms with van der Waals surface area (Å²) in [5.41, 5.74) is 1.14. The first-order valence-electron chi connectivity index (χ1n) is 6.96. The normalized spacial score (nSPS) is 13.5. The number of nitrogens with zero attached hydrogens (tertiary/aromatic N) is 1. The summed E-state index contributed by atoms with van der Waals surface area (Å²) in [6, 6.07) is 12.3. The lowest BCUT2D eigenvalue weighted by Crippen LogP contribution is -2.27. The average Bonchev–Trinajstić information content (AvgIpc) is 3.33. The van der Waals surface area contributed by atoms with Gasteiger partial charge in [-0.05, 0) is 49.2 Å².